The second kappa shape index (κ2) is 10.5. The second-order valence-electron chi connectivity index (χ2n) is 8.43. The largest absolute Gasteiger partial charge is 0.480 e. The Kier molecular flexibility index (Phi) is 7.40. The third-order valence-corrected chi connectivity index (χ3v) is 7.24. The number of hydrogen-bond acceptors (Lipinski definition) is 8. The molecule has 2 amide bonds. The van der Waals surface area contributed by atoms with E-state index in [1.54, 1.807) is 14.2 Å². The number of ether oxygens (including phenoxy) is 2. The fourth-order valence-electron chi connectivity index (χ4n) is 4.27. The first-order chi connectivity index (χ1) is 16.4. The van der Waals surface area contributed by atoms with Crippen molar-refractivity contribution in [1.29, 1.82) is 0 Å². The number of nitrogens with zero attached hydrogens (tertiary/aromatic N) is 3. The van der Waals surface area contributed by atoms with Crippen LogP contribution < -0.4 is 15.8 Å². The summed E-state index contributed by atoms with van der Waals surface area (Å²) in [4.78, 5) is 37.0. The van der Waals surface area contributed by atoms with Crippen molar-refractivity contribution in [1.82, 2.24) is 14.9 Å². The molecule has 1 aliphatic heterocycles. The maximum Gasteiger partial charge on any atom is 0.266 e. The first-order valence-corrected chi connectivity index (χ1v) is 12.0. The summed E-state index contributed by atoms with van der Waals surface area (Å²) in [5.41, 5.74) is 8.04. The van der Waals surface area contributed by atoms with Crippen molar-refractivity contribution in [2.24, 2.45) is 11.7 Å². The Morgan fingerprint density at radius 1 is 1.24 bits per heavy atom. The van der Waals surface area contributed by atoms with Crippen LogP contribution in [0.4, 0.5) is 5.69 Å². The molecule has 1 aliphatic rings. The Morgan fingerprint density at radius 2 is 2.00 bits per heavy atom. The van der Waals surface area contributed by atoms with Gasteiger partial charge in [-0.25, -0.2) is 4.98 Å². The summed E-state index contributed by atoms with van der Waals surface area (Å²) < 4.78 is 10.6. The molecule has 0 aliphatic carbocycles. The molecule has 4 rings (SSSR count). The van der Waals surface area contributed by atoms with E-state index in [9.17, 15) is 9.59 Å². The van der Waals surface area contributed by atoms with Gasteiger partial charge in [0.15, 0.2) is 5.82 Å². The zero-order valence-corrected chi connectivity index (χ0v) is 20.4. The highest BCUT2D eigenvalue weighted by atomic mass is 32.1. The Bertz CT molecular complexity index is 1200. The van der Waals surface area contributed by atoms with Crippen molar-refractivity contribution in [3.8, 4) is 5.88 Å². The lowest BCUT2D eigenvalue weighted by atomic mass is 9.96. The van der Waals surface area contributed by atoms with E-state index in [2.05, 4.69) is 20.2 Å². The summed E-state index contributed by atoms with van der Waals surface area (Å²) in [7, 11) is 3.13. The van der Waals surface area contributed by atoms with Crippen LogP contribution in [0.1, 0.15) is 39.5 Å². The predicted octanol–water partition coefficient (Wildman–Crippen LogP) is 3.10. The van der Waals surface area contributed by atoms with Crippen molar-refractivity contribution in [2.75, 3.05) is 32.6 Å². The highest BCUT2D eigenvalue weighted by Gasteiger charge is 2.24. The number of fused-ring (bicyclic) bond motifs is 1. The number of carbonyl (C=O) groups excluding carboxylic acids is 2. The molecule has 0 atom stereocenters. The van der Waals surface area contributed by atoms with Gasteiger partial charge < -0.3 is 20.5 Å². The number of aryl methyl sites for hydroxylation is 1. The van der Waals surface area contributed by atoms with Crippen LogP contribution in [-0.2, 0) is 22.7 Å². The van der Waals surface area contributed by atoms with E-state index < -0.39 is 0 Å². The average Bonchev–Trinajstić information content (AvgIpc) is 3.16. The lowest BCUT2D eigenvalue weighted by Gasteiger charge is -2.30. The second-order valence-corrected chi connectivity index (χ2v) is 9.42. The minimum atomic E-state index is -0.209. The predicted molar refractivity (Wildman–Crippen MR) is 131 cm³/mol. The SMILES string of the molecule is COCc1nc(OC)c2c(C)c(C(=O)Nc3cccc(CN4CCC(C(N)=O)CC4)c3)sc2n1. The summed E-state index contributed by atoms with van der Waals surface area (Å²) in [5, 5.41) is 3.76. The Balaban J connectivity index is 1.49. The van der Waals surface area contributed by atoms with E-state index in [-0.39, 0.29) is 24.3 Å². The van der Waals surface area contributed by atoms with Crippen molar-refractivity contribution in [3.05, 3.63) is 46.1 Å². The van der Waals surface area contributed by atoms with Crippen LogP contribution in [0.15, 0.2) is 24.3 Å². The fourth-order valence-corrected chi connectivity index (χ4v) is 5.36. The molecule has 3 heterocycles. The molecule has 0 spiro atoms. The molecule has 10 heteroatoms. The lowest BCUT2D eigenvalue weighted by molar-refractivity contribution is -0.123. The quantitative estimate of drug-likeness (QED) is 0.505. The standard InChI is InChI=1S/C24H29N5O4S/c1-14-19-23(33-3)27-18(13-32-2)28-24(19)34-20(14)22(31)26-17-6-4-5-15(11-17)12-29-9-7-16(8-10-29)21(25)30/h4-6,11,16H,7-10,12-13H2,1-3H3,(H2,25,30)(H,26,31). The van der Waals surface area contributed by atoms with Crippen molar-refractivity contribution < 1.29 is 19.1 Å². The van der Waals surface area contributed by atoms with Crippen molar-refractivity contribution >= 4 is 39.1 Å². The van der Waals surface area contributed by atoms with Gasteiger partial charge in [-0.15, -0.1) is 11.3 Å². The molecule has 3 aromatic rings. The Labute approximate surface area is 202 Å². The third-order valence-electron chi connectivity index (χ3n) is 6.06. The number of amides is 2. The number of anilines is 1. The minimum Gasteiger partial charge on any atom is -0.480 e. The van der Waals surface area contributed by atoms with Gasteiger partial charge in [0.2, 0.25) is 11.8 Å². The van der Waals surface area contributed by atoms with Gasteiger partial charge in [-0.05, 0) is 56.1 Å². The molecule has 0 bridgehead atoms. The summed E-state index contributed by atoms with van der Waals surface area (Å²) >= 11 is 1.31. The number of nitrogens with one attached hydrogen (secondary N) is 1. The number of methoxy groups -OCH3 is 2. The zero-order chi connectivity index (χ0) is 24.2. The molecule has 0 radical (unpaired) electrons. The molecular weight excluding hydrogens is 454 g/mol. The maximum absolute atomic E-state index is 13.1. The molecule has 9 nitrogen and oxygen atoms in total. The first-order valence-electron chi connectivity index (χ1n) is 11.1. The summed E-state index contributed by atoms with van der Waals surface area (Å²) in [5.74, 6) is 0.509. The minimum absolute atomic E-state index is 0.0275. The Hall–Kier alpha value is -3.08. The van der Waals surface area contributed by atoms with E-state index in [1.165, 1.54) is 11.3 Å². The van der Waals surface area contributed by atoms with E-state index in [0.717, 1.165) is 54.7 Å². The molecule has 0 unspecified atom stereocenters. The van der Waals surface area contributed by atoms with Crippen LogP contribution in [-0.4, -0.2) is 54.0 Å². The number of primary amides is 1. The first kappa shape index (κ1) is 24.1. The average molecular weight is 484 g/mol. The van der Waals surface area contributed by atoms with E-state index in [4.69, 9.17) is 15.2 Å². The van der Waals surface area contributed by atoms with Gasteiger partial charge in [0.05, 0.1) is 17.4 Å². The lowest BCUT2D eigenvalue weighted by Crippen LogP contribution is -2.38. The molecule has 1 saturated heterocycles. The molecule has 2 aromatic heterocycles. The summed E-state index contributed by atoms with van der Waals surface area (Å²) in [6, 6.07) is 7.83. The van der Waals surface area contributed by atoms with Gasteiger partial charge in [-0.3, -0.25) is 14.5 Å². The molecule has 0 saturated carbocycles. The number of piperidine rings is 1. The van der Waals surface area contributed by atoms with Crippen LogP contribution >= 0.6 is 11.3 Å². The van der Waals surface area contributed by atoms with Crippen molar-refractivity contribution in [3.63, 3.8) is 0 Å². The molecule has 3 N–H and O–H groups in total. The van der Waals surface area contributed by atoms with Crippen LogP contribution in [0.3, 0.4) is 0 Å². The van der Waals surface area contributed by atoms with Gasteiger partial charge in [0, 0.05) is 25.3 Å². The molecule has 180 valence electrons. The van der Waals surface area contributed by atoms with E-state index >= 15 is 0 Å². The van der Waals surface area contributed by atoms with Crippen LogP contribution in [0.25, 0.3) is 10.2 Å². The summed E-state index contributed by atoms with van der Waals surface area (Å²) in [6.45, 7) is 4.56. The highest BCUT2D eigenvalue weighted by molar-refractivity contribution is 7.20. The van der Waals surface area contributed by atoms with Gasteiger partial charge >= 0.3 is 0 Å². The molecular formula is C24H29N5O4S. The van der Waals surface area contributed by atoms with E-state index in [0.29, 0.717) is 21.4 Å². The van der Waals surface area contributed by atoms with Gasteiger partial charge in [-0.2, -0.15) is 4.98 Å². The number of hydrogen-bond donors (Lipinski definition) is 2. The Morgan fingerprint density at radius 3 is 2.68 bits per heavy atom. The van der Waals surface area contributed by atoms with Gasteiger partial charge in [-0.1, -0.05) is 12.1 Å². The number of carbonyl (C=O) groups is 2. The smallest absolute Gasteiger partial charge is 0.266 e. The molecule has 1 fully saturated rings. The number of likely N-dealkylation sites (tertiary alicyclic amines) is 1. The molecule has 1 aromatic carbocycles. The summed E-state index contributed by atoms with van der Waals surface area (Å²) in [6.07, 6.45) is 1.57. The monoisotopic (exact) mass is 483 g/mol. The number of benzene rings is 1. The number of thiophene rings is 1. The van der Waals surface area contributed by atoms with Gasteiger partial charge in [0.1, 0.15) is 11.4 Å². The van der Waals surface area contributed by atoms with Crippen LogP contribution in [0, 0.1) is 12.8 Å². The van der Waals surface area contributed by atoms with E-state index in [1.807, 2.05) is 31.2 Å². The number of aromatic nitrogens is 2. The topological polar surface area (TPSA) is 120 Å². The fraction of sp³-hybridized carbons (Fsp3) is 0.417. The number of rotatable bonds is 8. The third kappa shape index (κ3) is 5.19. The van der Waals surface area contributed by atoms with Crippen molar-refractivity contribution in [2.45, 2.75) is 32.9 Å². The maximum atomic E-state index is 13.1. The highest BCUT2D eigenvalue weighted by Crippen LogP contribution is 2.35. The zero-order valence-electron chi connectivity index (χ0n) is 19.6. The molecule has 34 heavy (non-hydrogen) atoms. The number of nitrogens with two attached hydrogens (primary N) is 1. The normalized spacial score (nSPS) is 14.9. The van der Waals surface area contributed by atoms with Crippen LogP contribution in [0.5, 0.6) is 5.88 Å². The van der Waals surface area contributed by atoms with Gasteiger partial charge in [0.25, 0.3) is 5.91 Å². The van der Waals surface area contributed by atoms with Crippen LogP contribution in [0.2, 0.25) is 0 Å².